The van der Waals surface area contributed by atoms with Crippen LogP contribution in [0, 0.1) is 6.92 Å². The number of piperidine rings is 1. The van der Waals surface area contributed by atoms with Crippen molar-refractivity contribution in [1.82, 2.24) is 20.1 Å². The number of nitrogens with two attached hydrogens (primary N) is 1. The van der Waals surface area contributed by atoms with Crippen LogP contribution in [0.4, 0.5) is 0 Å². The Labute approximate surface area is 179 Å². The summed E-state index contributed by atoms with van der Waals surface area (Å²) in [4.78, 5) is 15.2. The third kappa shape index (κ3) is 5.86. The molecule has 4 rings (SSSR count). The highest BCUT2D eigenvalue weighted by molar-refractivity contribution is 5.21. The van der Waals surface area contributed by atoms with Gasteiger partial charge < -0.3 is 0 Å². The highest BCUT2D eigenvalue weighted by Crippen LogP contribution is 2.18. The number of rotatable bonds is 6. The summed E-state index contributed by atoms with van der Waals surface area (Å²) < 4.78 is 0. The summed E-state index contributed by atoms with van der Waals surface area (Å²) in [5.74, 6) is 6.31. The lowest BCUT2D eigenvalue weighted by atomic mass is 10.0. The molecule has 2 aromatic carbocycles. The molecule has 0 bridgehead atoms. The lowest BCUT2D eigenvalue weighted by Crippen LogP contribution is -2.61. The van der Waals surface area contributed by atoms with Crippen LogP contribution in [0.2, 0.25) is 0 Å². The Kier molecular flexibility index (Phi) is 7.46. The fourth-order valence-corrected chi connectivity index (χ4v) is 4.13. The van der Waals surface area contributed by atoms with E-state index in [4.69, 9.17) is 15.6 Å². The minimum Gasteiger partial charge on any atom is -0.299 e. The van der Waals surface area contributed by atoms with Crippen LogP contribution in [0.25, 0.3) is 0 Å². The molecule has 7 nitrogen and oxygen atoms in total. The summed E-state index contributed by atoms with van der Waals surface area (Å²) in [7, 11) is 0. The van der Waals surface area contributed by atoms with E-state index in [1.165, 1.54) is 16.7 Å². The zero-order valence-electron chi connectivity index (χ0n) is 17.7. The summed E-state index contributed by atoms with van der Waals surface area (Å²) in [5.41, 5.74) is 3.86. The van der Waals surface area contributed by atoms with Gasteiger partial charge >= 0.3 is 0 Å². The molecule has 7 heteroatoms. The van der Waals surface area contributed by atoms with Crippen molar-refractivity contribution in [3.8, 4) is 0 Å². The molecule has 2 aromatic rings. The second-order valence-corrected chi connectivity index (χ2v) is 8.32. The van der Waals surface area contributed by atoms with Gasteiger partial charge in [0.1, 0.15) is 19.8 Å². The maximum atomic E-state index is 6.31. The number of nitrogens with zero attached hydrogens (tertiary/aromatic N) is 3. The Hall–Kier alpha value is -1.84. The molecule has 0 amide bonds. The molecule has 0 spiro atoms. The van der Waals surface area contributed by atoms with E-state index in [1.54, 1.807) is 5.01 Å². The van der Waals surface area contributed by atoms with E-state index in [0.29, 0.717) is 12.8 Å². The molecule has 30 heavy (non-hydrogen) atoms. The van der Waals surface area contributed by atoms with Gasteiger partial charge in [0.15, 0.2) is 0 Å². The predicted octanol–water partition coefficient (Wildman–Crippen LogP) is 2.39. The minimum absolute atomic E-state index is 0.139. The van der Waals surface area contributed by atoms with Gasteiger partial charge in [0.25, 0.3) is 0 Å². The smallest absolute Gasteiger partial charge is 0.150 e. The molecule has 3 N–H and O–H groups in total. The number of benzene rings is 2. The molecule has 1 unspecified atom stereocenters. The third-order valence-electron chi connectivity index (χ3n) is 5.89. The zero-order valence-corrected chi connectivity index (χ0v) is 17.7. The number of nitrogens with one attached hydrogen (secondary N) is 1. The van der Waals surface area contributed by atoms with Crippen molar-refractivity contribution >= 4 is 0 Å². The van der Waals surface area contributed by atoms with Gasteiger partial charge in [0.05, 0.1) is 0 Å². The van der Waals surface area contributed by atoms with Crippen LogP contribution in [-0.2, 0) is 22.9 Å². The van der Waals surface area contributed by atoms with E-state index in [0.717, 1.165) is 39.0 Å². The van der Waals surface area contributed by atoms with E-state index in [-0.39, 0.29) is 13.0 Å². The SMILES string of the molecule is Cc1ccc(CN2COOCN(N)C2NC2CCN(Cc3ccccc3)CC2)cc1. The Bertz CT molecular complexity index is 765. The van der Waals surface area contributed by atoms with Crippen LogP contribution in [-0.4, -0.2) is 53.7 Å². The number of hydrazine groups is 1. The molecule has 1 atom stereocenters. The Morgan fingerprint density at radius 1 is 0.900 bits per heavy atom. The summed E-state index contributed by atoms with van der Waals surface area (Å²) in [6.45, 7) is 6.61. The fraction of sp³-hybridized carbons (Fsp3) is 0.478. The van der Waals surface area contributed by atoms with E-state index >= 15 is 0 Å². The highest BCUT2D eigenvalue weighted by atomic mass is 17.2. The largest absolute Gasteiger partial charge is 0.299 e. The summed E-state index contributed by atoms with van der Waals surface area (Å²) in [5, 5.41) is 5.43. The van der Waals surface area contributed by atoms with Gasteiger partial charge in [-0.05, 0) is 44.0 Å². The van der Waals surface area contributed by atoms with Crippen molar-refractivity contribution in [2.45, 2.75) is 45.2 Å². The average Bonchev–Trinajstić information content (AvgIpc) is 2.93. The number of hydrogen-bond acceptors (Lipinski definition) is 7. The van der Waals surface area contributed by atoms with Gasteiger partial charge in [-0.2, -0.15) is 5.01 Å². The molecule has 0 aromatic heterocycles. The lowest BCUT2D eigenvalue weighted by Gasteiger charge is -2.39. The Balaban J connectivity index is 1.34. The second-order valence-electron chi connectivity index (χ2n) is 8.32. The molecule has 0 radical (unpaired) electrons. The first-order valence-electron chi connectivity index (χ1n) is 10.7. The van der Waals surface area contributed by atoms with E-state index in [1.807, 2.05) is 0 Å². The quantitative estimate of drug-likeness (QED) is 0.559. The van der Waals surface area contributed by atoms with Crippen LogP contribution in [0.3, 0.4) is 0 Å². The first-order valence-corrected chi connectivity index (χ1v) is 10.7. The van der Waals surface area contributed by atoms with Crippen molar-refractivity contribution in [3.05, 3.63) is 71.3 Å². The summed E-state index contributed by atoms with van der Waals surface area (Å²) in [6, 6.07) is 19.7. The van der Waals surface area contributed by atoms with Crippen molar-refractivity contribution in [1.29, 1.82) is 0 Å². The molecule has 2 fully saturated rings. The molecular weight excluding hydrogens is 378 g/mol. The summed E-state index contributed by atoms with van der Waals surface area (Å²) in [6.07, 6.45) is 2.05. The van der Waals surface area contributed by atoms with E-state index in [9.17, 15) is 0 Å². The van der Waals surface area contributed by atoms with E-state index in [2.05, 4.69) is 76.6 Å². The molecule has 2 saturated heterocycles. The fourth-order valence-electron chi connectivity index (χ4n) is 4.13. The molecule has 2 heterocycles. The molecule has 0 saturated carbocycles. The maximum absolute atomic E-state index is 6.31. The normalized spacial score (nSPS) is 22.8. The minimum atomic E-state index is -0.139. The van der Waals surface area contributed by atoms with Gasteiger partial charge in [-0.1, -0.05) is 60.2 Å². The molecule has 0 aliphatic carbocycles. The van der Waals surface area contributed by atoms with Gasteiger partial charge in [-0.15, -0.1) is 0 Å². The van der Waals surface area contributed by atoms with Crippen LogP contribution in [0.15, 0.2) is 54.6 Å². The van der Waals surface area contributed by atoms with Crippen LogP contribution >= 0.6 is 0 Å². The van der Waals surface area contributed by atoms with Gasteiger partial charge in [-0.25, -0.2) is 14.7 Å². The third-order valence-corrected chi connectivity index (χ3v) is 5.89. The molecular formula is C23H33N5O2. The standard InChI is InChI=1S/C23H33N5O2/c1-19-7-9-21(10-8-19)16-27-17-29-30-18-28(24)23(27)25-22-11-13-26(14-12-22)15-20-5-3-2-4-6-20/h2-10,22-23,25H,11-18,24H2,1H3. The van der Waals surface area contributed by atoms with Gasteiger partial charge in [-0.3, -0.25) is 16.1 Å². The van der Waals surface area contributed by atoms with Crippen molar-refractivity contribution < 1.29 is 9.78 Å². The predicted molar refractivity (Wildman–Crippen MR) is 116 cm³/mol. The van der Waals surface area contributed by atoms with E-state index < -0.39 is 0 Å². The number of aryl methyl sites for hydroxylation is 1. The lowest BCUT2D eigenvalue weighted by molar-refractivity contribution is -0.314. The molecule has 162 valence electrons. The number of likely N-dealkylation sites (tertiary alicyclic amines) is 1. The Morgan fingerprint density at radius 3 is 2.30 bits per heavy atom. The van der Waals surface area contributed by atoms with Crippen LogP contribution in [0.1, 0.15) is 29.5 Å². The highest BCUT2D eigenvalue weighted by Gasteiger charge is 2.30. The number of hydrogen-bond donors (Lipinski definition) is 2. The van der Waals surface area contributed by atoms with Crippen molar-refractivity contribution in [2.75, 3.05) is 26.6 Å². The summed E-state index contributed by atoms with van der Waals surface area (Å²) >= 11 is 0. The molecule has 2 aliphatic rings. The topological polar surface area (TPSA) is 66.2 Å². The van der Waals surface area contributed by atoms with Gasteiger partial charge in [0.2, 0.25) is 0 Å². The van der Waals surface area contributed by atoms with Crippen LogP contribution < -0.4 is 11.2 Å². The first kappa shape index (κ1) is 21.4. The van der Waals surface area contributed by atoms with Crippen molar-refractivity contribution in [2.24, 2.45) is 5.84 Å². The van der Waals surface area contributed by atoms with Gasteiger partial charge in [0, 0.05) is 19.1 Å². The monoisotopic (exact) mass is 411 g/mol. The van der Waals surface area contributed by atoms with Crippen LogP contribution in [0.5, 0.6) is 0 Å². The Morgan fingerprint density at radius 2 is 1.57 bits per heavy atom. The van der Waals surface area contributed by atoms with Crippen molar-refractivity contribution in [3.63, 3.8) is 0 Å². The average molecular weight is 412 g/mol. The second kappa shape index (κ2) is 10.5. The maximum Gasteiger partial charge on any atom is 0.150 e. The zero-order chi connectivity index (χ0) is 20.8. The molecule has 2 aliphatic heterocycles. The first-order chi connectivity index (χ1) is 14.7.